The number of hydrogen-bond donors (Lipinski definition) is 2. The van der Waals surface area contributed by atoms with Crippen molar-refractivity contribution in [1.29, 1.82) is 0 Å². The first-order valence-corrected chi connectivity index (χ1v) is 6.47. The van der Waals surface area contributed by atoms with E-state index in [1.165, 1.54) is 4.88 Å². The van der Waals surface area contributed by atoms with Crippen LogP contribution in [0.4, 0.5) is 11.5 Å². The lowest BCUT2D eigenvalue weighted by atomic mass is 10.4. The lowest BCUT2D eigenvalue weighted by Gasteiger charge is -2.04. The molecule has 0 saturated heterocycles. The zero-order valence-corrected chi connectivity index (χ0v) is 11.0. The minimum atomic E-state index is 0.390. The number of rotatable bonds is 4. The minimum absolute atomic E-state index is 0.390. The van der Waals surface area contributed by atoms with Crippen LogP contribution in [0.3, 0.4) is 0 Å². The monoisotopic (exact) mass is 268 g/mol. The van der Waals surface area contributed by atoms with Crippen LogP contribution in [0.5, 0.6) is 0 Å². The van der Waals surface area contributed by atoms with Gasteiger partial charge in [0, 0.05) is 22.8 Å². The van der Waals surface area contributed by atoms with Gasteiger partial charge in [-0.1, -0.05) is 18.5 Å². The summed E-state index contributed by atoms with van der Waals surface area (Å²) in [6.07, 6.45) is 2.92. The Hall–Kier alpha value is -1.33. The van der Waals surface area contributed by atoms with Crippen molar-refractivity contribution in [2.24, 2.45) is 0 Å². The maximum atomic E-state index is 5.81. The molecular weight excluding hydrogens is 256 g/mol. The molecule has 0 fully saturated rings. The summed E-state index contributed by atoms with van der Waals surface area (Å²) in [6.45, 7) is 2.75. The molecule has 0 aliphatic carbocycles. The second-order valence-electron chi connectivity index (χ2n) is 3.54. The summed E-state index contributed by atoms with van der Waals surface area (Å²) in [5.74, 6) is 0.670. The van der Waals surface area contributed by atoms with Crippen molar-refractivity contribution < 1.29 is 0 Å². The molecule has 0 radical (unpaired) electrons. The van der Waals surface area contributed by atoms with E-state index in [-0.39, 0.29) is 0 Å². The zero-order chi connectivity index (χ0) is 12.3. The van der Waals surface area contributed by atoms with Gasteiger partial charge in [-0.15, -0.1) is 11.3 Å². The number of anilines is 2. The van der Waals surface area contributed by atoms with Crippen LogP contribution in [0.25, 0.3) is 0 Å². The molecule has 6 heteroatoms. The van der Waals surface area contributed by atoms with E-state index in [2.05, 4.69) is 22.2 Å². The van der Waals surface area contributed by atoms with Gasteiger partial charge in [-0.25, -0.2) is 9.97 Å². The number of aromatic nitrogens is 2. The fourth-order valence-corrected chi connectivity index (χ4v) is 2.39. The van der Waals surface area contributed by atoms with Crippen LogP contribution in [0, 0.1) is 0 Å². The fraction of sp³-hybridized carbons (Fsp3) is 0.273. The average molecular weight is 269 g/mol. The largest absolute Gasteiger partial charge is 0.399 e. The first-order valence-electron chi connectivity index (χ1n) is 5.28. The van der Waals surface area contributed by atoms with E-state index in [1.807, 2.05) is 6.20 Å². The van der Waals surface area contributed by atoms with Crippen LogP contribution < -0.4 is 11.1 Å². The van der Waals surface area contributed by atoms with Crippen molar-refractivity contribution in [3.8, 4) is 0 Å². The van der Waals surface area contributed by atoms with Gasteiger partial charge in [0.15, 0.2) is 0 Å². The van der Waals surface area contributed by atoms with Gasteiger partial charge < -0.3 is 11.1 Å². The van der Waals surface area contributed by atoms with E-state index in [0.717, 1.165) is 11.4 Å². The molecule has 3 N–H and O–H groups in total. The van der Waals surface area contributed by atoms with Crippen LogP contribution in [0.1, 0.15) is 16.8 Å². The van der Waals surface area contributed by atoms with Gasteiger partial charge >= 0.3 is 0 Å². The third-order valence-corrected chi connectivity index (χ3v) is 3.52. The van der Waals surface area contributed by atoms with Gasteiger partial charge in [-0.3, -0.25) is 0 Å². The first kappa shape index (κ1) is 12.1. The van der Waals surface area contributed by atoms with E-state index in [4.69, 9.17) is 17.3 Å². The molecule has 0 aliphatic heterocycles. The van der Waals surface area contributed by atoms with Gasteiger partial charge in [0.2, 0.25) is 0 Å². The number of pyridine rings is 1. The van der Waals surface area contributed by atoms with E-state index in [0.29, 0.717) is 23.2 Å². The molecule has 4 nitrogen and oxygen atoms in total. The van der Waals surface area contributed by atoms with Crippen LogP contribution >= 0.6 is 22.9 Å². The highest BCUT2D eigenvalue weighted by atomic mass is 35.5. The normalized spacial score (nSPS) is 10.5. The molecule has 2 aromatic rings. The molecule has 90 valence electrons. The third kappa shape index (κ3) is 3.31. The van der Waals surface area contributed by atoms with Crippen LogP contribution in [-0.2, 0) is 13.0 Å². The summed E-state index contributed by atoms with van der Waals surface area (Å²) in [6, 6.07) is 3.37. The number of nitrogen functional groups attached to an aromatic ring is 1. The van der Waals surface area contributed by atoms with Gasteiger partial charge in [0.25, 0.3) is 0 Å². The van der Waals surface area contributed by atoms with E-state index < -0.39 is 0 Å². The number of nitrogens with two attached hydrogens (primary N) is 1. The van der Waals surface area contributed by atoms with Gasteiger partial charge in [0.1, 0.15) is 16.0 Å². The van der Waals surface area contributed by atoms with Crippen molar-refractivity contribution in [2.75, 3.05) is 11.1 Å². The Kier molecular flexibility index (Phi) is 3.81. The molecule has 2 heterocycles. The Morgan fingerprint density at radius 2 is 2.29 bits per heavy atom. The molecule has 0 amide bonds. The quantitative estimate of drug-likeness (QED) is 0.837. The van der Waals surface area contributed by atoms with Gasteiger partial charge in [-0.2, -0.15) is 0 Å². The highest BCUT2D eigenvalue weighted by molar-refractivity contribution is 7.11. The molecule has 0 aliphatic rings. The van der Waals surface area contributed by atoms with Gasteiger partial charge in [-0.05, 0) is 12.5 Å². The molecule has 0 atom stereocenters. The summed E-state index contributed by atoms with van der Waals surface area (Å²) in [5.41, 5.74) is 6.27. The third-order valence-electron chi connectivity index (χ3n) is 2.19. The maximum Gasteiger partial charge on any atom is 0.133 e. The second kappa shape index (κ2) is 5.33. The SMILES string of the molecule is CCc1cnc(CNc2cc(N)cc(Cl)n2)s1. The van der Waals surface area contributed by atoms with E-state index >= 15 is 0 Å². The second-order valence-corrected chi connectivity index (χ2v) is 5.12. The van der Waals surface area contributed by atoms with E-state index in [9.17, 15) is 0 Å². The summed E-state index contributed by atoms with van der Waals surface area (Å²) < 4.78 is 0. The lowest BCUT2D eigenvalue weighted by molar-refractivity contribution is 1.07. The fourth-order valence-electron chi connectivity index (χ4n) is 1.37. The first-order chi connectivity index (χ1) is 8.17. The molecule has 0 spiro atoms. The Labute approximate surface area is 109 Å². The van der Waals surface area contributed by atoms with Crippen LogP contribution in [0.15, 0.2) is 18.3 Å². The number of halogens is 1. The number of thiazole rings is 1. The molecule has 0 aromatic carbocycles. The summed E-state index contributed by atoms with van der Waals surface area (Å²) in [4.78, 5) is 9.72. The highest BCUT2D eigenvalue weighted by Crippen LogP contribution is 2.18. The predicted octanol–water partition coefficient (Wildman–Crippen LogP) is 2.95. The smallest absolute Gasteiger partial charge is 0.133 e. The molecule has 0 unspecified atom stereocenters. The number of hydrogen-bond acceptors (Lipinski definition) is 5. The topological polar surface area (TPSA) is 63.8 Å². The molecule has 2 aromatic heterocycles. The van der Waals surface area contributed by atoms with Crippen molar-refractivity contribution in [1.82, 2.24) is 9.97 Å². The highest BCUT2D eigenvalue weighted by Gasteiger charge is 2.02. The number of aryl methyl sites for hydroxylation is 1. The number of nitrogens with one attached hydrogen (secondary N) is 1. The molecular formula is C11H13ClN4S. The van der Waals surface area contributed by atoms with E-state index in [1.54, 1.807) is 23.5 Å². The maximum absolute atomic E-state index is 5.81. The Balaban J connectivity index is 2.01. The molecule has 2 rings (SSSR count). The lowest BCUT2D eigenvalue weighted by Crippen LogP contribution is -2.01. The predicted molar refractivity (Wildman–Crippen MR) is 72.5 cm³/mol. The summed E-state index contributed by atoms with van der Waals surface area (Å²) >= 11 is 7.51. The zero-order valence-electron chi connectivity index (χ0n) is 9.40. The van der Waals surface area contributed by atoms with Crippen molar-refractivity contribution in [3.63, 3.8) is 0 Å². The van der Waals surface area contributed by atoms with Crippen LogP contribution in [-0.4, -0.2) is 9.97 Å². The average Bonchev–Trinajstić information content (AvgIpc) is 2.73. The Morgan fingerprint density at radius 1 is 1.47 bits per heavy atom. The summed E-state index contributed by atoms with van der Waals surface area (Å²) in [7, 11) is 0. The minimum Gasteiger partial charge on any atom is -0.399 e. The van der Waals surface area contributed by atoms with Crippen molar-refractivity contribution in [3.05, 3.63) is 33.4 Å². The van der Waals surface area contributed by atoms with Crippen molar-refractivity contribution in [2.45, 2.75) is 19.9 Å². The molecule has 0 saturated carbocycles. The Bertz CT molecular complexity index is 492. The Morgan fingerprint density at radius 3 is 2.94 bits per heavy atom. The van der Waals surface area contributed by atoms with Crippen LogP contribution in [0.2, 0.25) is 5.15 Å². The summed E-state index contributed by atoms with van der Waals surface area (Å²) in [5, 5.41) is 4.57. The number of nitrogens with zero attached hydrogens (tertiary/aromatic N) is 2. The molecule has 0 bridgehead atoms. The van der Waals surface area contributed by atoms with Gasteiger partial charge in [0.05, 0.1) is 6.54 Å². The molecule has 17 heavy (non-hydrogen) atoms. The van der Waals surface area contributed by atoms with Crippen molar-refractivity contribution >= 4 is 34.4 Å². The standard InChI is InChI=1S/C11H13ClN4S/c1-2-8-5-15-11(17-8)6-14-10-4-7(13)3-9(12)16-10/h3-5H,2,6H2,1H3,(H3,13,14,16).